The number of carbonyl (C=O) groups is 1. The molecule has 0 fully saturated rings. The molecule has 3 aromatic carbocycles. The number of benzene rings is 3. The summed E-state index contributed by atoms with van der Waals surface area (Å²) in [6.07, 6.45) is 0. The van der Waals surface area contributed by atoms with Crippen molar-refractivity contribution in [3.05, 3.63) is 59.7 Å². The van der Waals surface area contributed by atoms with Crippen molar-refractivity contribution in [1.29, 1.82) is 0 Å². The van der Waals surface area contributed by atoms with Crippen LogP contribution in [0.15, 0.2) is 48.5 Å². The van der Waals surface area contributed by atoms with Gasteiger partial charge in [-0.25, -0.2) is 0 Å². The van der Waals surface area contributed by atoms with Gasteiger partial charge < -0.3 is 9.47 Å². The topological polar surface area (TPSA) is 35.5 Å². The molecule has 0 N–H and O–H groups in total. The molecule has 0 saturated carbocycles. The van der Waals surface area contributed by atoms with Crippen molar-refractivity contribution in [2.45, 2.75) is 20.5 Å². The Morgan fingerprint density at radius 2 is 1.87 bits per heavy atom. The molecule has 0 aromatic heterocycles. The average molecular weight is 304 g/mol. The third-order valence-corrected chi connectivity index (χ3v) is 4.15. The highest BCUT2D eigenvalue weighted by molar-refractivity contribution is 6.00. The fourth-order valence-electron chi connectivity index (χ4n) is 3.17. The Morgan fingerprint density at radius 1 is 1.04 bits per heavy atom. The minimum Gasteiger partial charge on any atom is -0.488 e. The Balaban J connectivity index is 1.95. The zero-order chi connectivity index (χ0) is 16.0. The maximum atomic E-state index is 11.3. The quantitative estimate of drug-likeness (QED) is 0.485. The van der Waals surface area contributed by atoms with Crippen LogP contribution < -0.4 is 9.47 Å². The number of fused-ring (bicyclic) bond motifs is 5. The number of hydrogen-bond donors (Lipinski definition) is 0. The third-order valence-electron chi connectivity index (χ3n) is 4.15. The summed E-state index contributed by atoms with van der Waals surface area (Å²) in [6, 6.07) is 16.1. The van der Waals surface area contributed by atoms with Gasteiger partial charge in [0.05, 0.1) is 0 Å². The lowest BCUT2D eigenvalue weighted by atomic mass is 9.93. The lowest BCUT2D eigenvalue weighted by molar-refractivity contribution is -0.131. The van der Waals surface area contributed by atoms with Crippen LogP contribution in [0, 0.1) is 6.92 Å². The zero-order valence-corrected chi connectivity index (χ0v) is 13.1. The van der Waals surface area contributed by atoms with Gasteiger partial charge in [-0.05, 0) is 36.2 Å². The van der Waals surface area contributed by atoms with E-state index in [2.05, 4.69) is 25.1 Å². The Kier molecular flexibility index (Phi) is 3.08. The molecule has 0 amide bonds. The molecule has 0 spiro atoms. The van der Waals surface area contributed by atoms with Crippen molar-refractivity contribution < 1.29 is 14.3 Å². The number of rotatable bonds is 1. The second kappa shape index (κ2) is 5.13. The lowest BCUT2D eigenvalue weighted by Gasteiger charge is -2.23. The first-order chi connectivity index (χ1) is 11.1. The summed E-state index contributed by atoms with van der Waals surface area (Å²) in [4.78, 5) is 11.3. The van der Waals surface area contributed by atoms with E-state index in [0.717, 1.165) is 22.1 Å². The van der Waals surface area contributed by atoms with Crippen molar-refractivity contribution in [3.63, 3.8) is 0 Å². The standard InChI is InChI=1S/C20H16O3/c1-12-6-7-15-14(10-12)11-22-20-17-4-3-5-19(23-13(2)21)16(17)8-9-18(15)20/h3-10H,11H2,1-2H3. The van der Waals surface area contributed by atoms with E-state index >= 15 is 0 Å². The highest BCUT2D eigenvalue weighted by Crippen LogP contribution is 2.44. The molecule has 3 aromatic rings. The van der Waals surface area contributed by atoms with E-state index in [0.29, 0.717) is 12.4 Å². The molecule has 4 rings (SSSR count). The fourth-order valence-corrected chi connectivity index (χ4v) is 3.17. The summed E-state index contributed by atoms with van der Waals surface area (Å²) in [5, 5.41) is 1.85. The Bertz CT molecular complexity index is 941. The number of hydrogen-bond acceptors (Lipinski definition) is 3. The first-order valence-electron chi connectivity index (χ1n) is 7.60. The van der Waals surface area contributed by atoms with E-state index in [1.807, 2.05) is 24.3 Å². The molecule has 0 bridgehead atoms. The summed E-state index contributed by atoms with van der Waals surface area (Å²) in [5.74, 6) is 1.10. The summed E-state index contributed by atoms with van der Waals surface area (Å²) in [6.45, 7) is 4.05. The predicted octanol–water partition coefficient (Wildman–Crippen LogP) is 4.63. The molecule has 0 atom stereocenters. The number of ether oxygens (including phenoxy) is 2. The highest BCUT2D eigenvalue weighted by atomic mass is 16.5. The van der Waals surface area contributed by atoms with Gasteiger partial charge in [-0.1, -0.05) is 35.9 Å². The van der Waals surface area contributed by atoms with Crippen molar-refractivity contribution in [2.75, 3.05) is 0 Å². The van der Waals surface area contributed by atoms with Crippen LogP contribution in [0.1, 0.15) is 18.1 Å². The molecule has 1 aliphatic rings. The maximum Gasteiger partial charge on any atom is 0.308 e. The van der Waals surface area contributed by atoms with Gasteiger partial charge in [-0.15, -0.1) is 0 Å². The third kappa shape index (κ3) is 2.25. The minimum atomic E-state index is -0.322. The molecular weight excluding hydrogens is 288 g/mol. The van der Waals surface area contributed by atoms with Crippen molar-refractivity contribution in [1.82, 2.24) is 0 Å². The van der Waals surface area contributed by atoms with Crippen molar-refractivity contribution >= 4 is 16.7 Å². The minimum absolute atomic E-state index is 0.322. The van der Waals surface area contributed by atoms with Gasteiger partial charge in [0, 0.05) is 23.3 Å². The van der Waals surface area contributed by atoms with Crippen LogP contribution in [0.5, 0.6) is 11.5 Å². The van der Waals surface area contributed by atoms with Crippen molar-refractivity contribution in [3.8, 4) is 22.6 Å². The van der Waals surface area contributed by atoms with Crippen LogP contribution in [-0.4, -0.2) is 5.97 Å². The van der Waals surface area contributed by atoms with E-state index in [9.17, 15) is 4.79 Å². The predicted molar refractivity (Wildman–Crippen MR) is 89.8 cm³/mol. The number of aryl methyl sites for hydroxylation is 1. The number of esters is 1. The Morgan fingerprint density at radius 3 is 2.70 bits per heavy atom. The summed E-state index contributed by atoms with van der Waals surface area (Å²) in [7, 11) is 0. The molecule has 0 unspecified atom stereocenters. The summed E-state index contributed by atoms with van der Waals surface area (Å²) in [5.41, 5.74) is 4.72. The van der Waals surface area contributed by atoms with Crippen molar-refractivity contribution in [2.24, 2.45) is 0 Å². The Labute approximate surface area is 134 Å². The molecule has 0 radical (unpaired) electrons. The van der Waals surface area contributed by atoms with Gasteiger partial charge in [0.15, 0.2) is 0 Å². The molecular formula is C20H16O3. The molecule has 114 valence electrons. The van der Waals surface area contributed by atoms with E-state index < -0.39 is 0 Å². The molecule has 0 aliphatic carbocycles. The second-order valence-corrected chi connectivity index (χ2v) is 5.84. The monoisotopic (exact) mass is 304 g/mol. The van der Waals surface area contributed by atoms with Crippen LogP contribution in [0.4, 0.5) is 0 Å². The number of carbonyl (C=O) groups excluding carboxylic acids is 1. The largest absolute Gasteiger partial charge is 0.488 e. The van der Waals surface area contributed by atoms with Gasteiger partial charge in [-0.3, -0.25) is 4.79 Å². The lowest BCUT2D eigenvalue weighted by Crippen LogP contribution is -2.07. The van der Waals surface area contributed by atoms with Gasteiger partial charge in [-0.2, -0.15) is 0 Å². The highest BCUT2D eigenvalue weighted by Gasteiger charge is 2.20. The zero-order valence-electron chi connectivity index (χ0n) is 13.1. The van der Waals surface area contributed by atoms with Crippen LogP contribution in [0.2, 0.25) is 0 Å². The van der Waals surface area contributed by atoms with E-state index in [-0.39, 0.29) is 5.97 Å². The van der Waals surface area contributed by atoms with Gasteiger partial charge in [0.25, 0.3) is 0 Å². The second-order valence-electron chi connectivity index (χ2n) is 5.84. The maximum absolute atomic E-state index is 11.3. The van der Waals surface area contributed by atoms with E-state index in [4.69, 9.17) is 9.47 Å². The van der Waals surface area contributed by atoms with Crippen LogP contribution in [0.3, 0.4) is 0 Å². The first kappa shape index (κ1) is 13.8. The molecule has 1 heterocycles. The molecule has 1 aliphatic heterocycles. The normalized spacial score (nSPS) is 12.3. The molecule has 0 saturated heterocycles. The van der Waals surface area contributed by atoms with E-state index in [1.54, 1.807) is 6.07 Å². The van der Waals surface area contributed by atoms with Gasteiger partial charge >= 0.3 is 5.97 Å². The van der Waals surface area contributed by atoms with Gasteiger partial charge in [0.1, 0.15) is 18.1 Å². The summed E-state index contributed by atoms with van der Waals surface area (Å²) >= 11 is 0. The fraction of sp³-hybridized carbons (Fsp3) is 0.150. The van der Waals surface area contributed by atoms with Crippen LogP contribution in [0.25, 0.3) is 21.9 Å². The average Bonchev–Trinajstić information content (AvgIpc) is 2.53. The molecule has 23 heavy (non-hydrogen) atoms. The molecule has 3 heteroatoms. The molecule has 3 nitrogen and oxygen atoms in total. The van der Waals surface area contributed by atoms with E-state index in [1.165, 1.54) is 23.6 Å². The SMILES string of the molecule is CC(=O)Oc1cccc2c3c(ccc12)-c1ccc(C)cc1CO3. The Hall–Kier alpha value is -2.81. The first-order valence-corrected chi connectivity index (χ1v) is 7.60. The summed E-state index contributed by atoms with van der Waals surface area (Å²) < 4.78 is 11.3. The van der Waals surface area contributed by atoms with Crippen LogP contribution >= 0.6 is 0 Å². The van der Waals surface area contributed by atoms with Gasteiger partial charge in [0.2, 0.25) is 0 Å². The van der Waals surface area contributed by atoms with Crippen LogP contribution in [-0.2, 0) is 11.4 Å². The smallest absolute Gasteiger partial charge is 0.308 e.